The molecule has 0 bridgehead atoms. The van der Waals surface area contributed by atoms with Gasteiger partial charge in [0.15, 0.2) is 0 Å². The molecule has 3 heterocycles. The molecule has 0 saturated carbocycles. The maximum Gasteiger partial charge on any atom is 0.253 e. The van der Waals surface area contributed by atoms with Crippen LogP contribution in [0.25, 0.3) is 0 Å². The lowest BCUT2D eigenvalue weighted by Crippen LogP contribution is -2.56. The van der Waals surface area contributed by atoms with Crippen molar-refractivity contribution in [2.45, 2.75) is 24.9 Å². The zero-order chi connectivity index (χ0) is 18.7. The van der Waals surface area contributed by atoms with Crippen LogP contribution >= 0.6 is 0 Å². The van der Waals surface area contributed by atoms with Gasteiger partial charge in [0.05, 0.1) is 13.1 Å². The van der Waals surface area contributed by atoms with Crippen LogP contribution in [0.15, 0.2) is 54.9 Å². The Morgan fingerprint density at radius 3 is 2.78 bits per heavy atom. The molecule has 0 aliphatic carbocycles. The molecule has 140 valence electrons. The second kappa shape index (κ2) is 7.48. The Balaban J connectivity index is 1.39. The van der Waals surface area contributed by atoms with Crippen molar-refractivity contribution in [3.05, 3.63) is 60.4 Å². The van der Waals surface area contributed by atoms with Crippen LogP contribution in [0, 0.1) is 0 Å². The number of hydrogen-bond donors (Lipinski definition) is 0. The van der Waals surface area contributed by atoms with Crippen LogP contribution in [0.2, 0.25) is 0 Å². The minimum atomic E-state index is -0.465. The fraction of sp³-hybridized carbons (Fsp3) is 0.381. The Labute approximate surface area is 158 Å². The van der Waals surface area contributed by atoms with Gasteiger partial charge in [-0.1, -0.05) is 24.3 Å². The summed E-state index contributed by atoms with van der Waals surface area (Å²) in [6.45, 7) is 1.76. The summed E-state index contributed by atoms with van der Waals surface area (Å²) in [6, 6.07) is 13.5. The Bertz CT molecular complexity index is 812. The van der Waals surface area contributed by atoms with Gasteiger partial charge in [-0.2, -0.15) is 0 Å². The van der Waals surface area contributed by atoms with E-state index in [1.807, 2.05) is 47.4 Å². The monoisotopic (exact) mass is 365 g/mol. The fourth-order valence-corrected chi connectivity index (χ4v) is 3.82. The zero-order valence-corrected chi connectivity index (χ0v) is 15.2. The molecule has 1 spiro atoms. The summed E-state index contributed by atoms with van der Waals surface area (Å²) in [5, 5.41) is 0. The maximum absolute atomic E-state index is 12.6. The third-order valence-electron chi connectivity index (χ3n) is 5.34. The largest absolute Gasteiger partial charge is 0.361 e. The number of para-hydroxylation sites is 1. The molecule has 2 saturated heterocycles. The lowest BCUT2D eigenvalue weighted by Gasteiger charge is -2.40. The predicted molar refractivity (Wildman–Crippen MR) is 101 cm³/mol. The van der Waals surface area contributed by atoms with Gasteiger partial charge in [-0.25, -0.2) is 0 Å². The third-order valence-corrected chi connectivity index (χ3v) is 5.34. The van der Waals surface area contributed by atoms with Gasteiger partial charge in [-0.3, -0.25) is 14.6 Å². The molecular weight excluding hydrogens is 342 g/mol. The molecule has 1 aromatic heterocycles. The number of carbonyl (C=O) groups is 2. The summed E-state index contributed by atoms with van der Waals surface area (Å²) < 4.78 is 5.94. The highest BCUT2D eigenvalue weighted by Gasteiger charge is 2.46. The highest BCUT2D eigenvalue weighted by Crippen LogP contribution is 2.32. The van der Waals surface area contributed by atoms with Crippen molar-refractivity contribution in [1.29, 1.82) is 0 Å². The highest BCUT2D eigenvalue weighted by atomic mass is 16.5. The topological polar surface area (TPSA) is 62.7 Å². The molecule has 6 nitrogen and oxygen atoms in total. The molecule has 2 aliphatic heterocycles. The summed E-state index contributed by atoms with van der Waals surface area (Å²) in [5.74, 6) is 0.0932. The number of benzene rings is 1. The van der Waals surface area contributed by atoms with Gasteiger partial charge in [-0.05, 0) is 36.6 Å². The van der Waals surface area contributed by atoms with E-state index >= 15 is 0 Å². The summed E-state index contributed by atoms with van der Waals surface area (Å²) in [7, 11) is 0. The number of rotatable bonds is 4. The number of carbonyl (C=O) groups excluding carboxylic acids is 2. The quantitative estimate of drug-likeness (QED) is 0.832. The van der Waals surface area contributed by atoms with Gasteiger partial charge < -0.3 is 14.5 Å². The molecule has 0 radical (unpaired) electrons. The lowest BCUT2D eigenvalue weighted by molar-refractivity contribution is -0.139. The van der Waals surface area contributed by atoms with Crippen molar-refractivity contribution >= 4 is 17.5 Å². The van der Waals surface area contributed by atoms with Gasteiger partial charge in [-0.15, -0.1) is 0 Å². The van der Waals surface area contributed by atoms with E-state index in [0.29, 0.717) is 32.5 Å². The first kappa shape index (κ1) is 17.7. The molecule has 6 heteroatoms. The molecule has 27 heavy (non-hydrogen) atoms. The van der Waals surface area contributed by atoms with Gasteiger partial charge in [0, 0.05) is 31.0 Å². The maximum atomic E-state index is 12.6. The summed E-state index contributed by atoms with van der Waals surface area (Å²) in [4.78, 5) is 32.7. The average molecular weight is 365 g/mol. The molecule has 4 rings (SSSR count). The van der Waals surface area contributed by atoms with E-state index in [0.717, 1.165) is 17.7 Å². The first-order chi connectivity index (χ1) is 13.2. The van der Waals surface area contributed by atoms with Crippen molar-refractivity contribution < 1.29 is 14.3 Å². The van der Waals surface area contributed by atoms with Crippen LogP contribution in [0.1, 0.15) is 18.4 Å². The number of likely N-dealkylation sites (tertiary alicyclic amines) is 1. The van der Waals surface area contributed by atoms with E-state index in [4.69, 9.17) is 4.74 Å². The normalized spacial score (nSPS) is 22.4. The Hall–Kier alpha value is -2.73. The highest BCUT2D eigenvalue weighted by molar-refractivity contribution is 5.95. The van der Waals surface area contributed by atoms with E-state index in [1.165, 1.54) is 0 Å². The standard InChI is InChI=1S/C21H23N3O3/c25-19(9-8-17-5-4-11-22-13-17)23-12-10-21(15-23)16-24(20(26)14-27-21)18-6-2-1-3-7-18/h1-7,11,13H,8-10,12,14-16H2. The second-order valence-electron chi connectivity index (χ2n) is 7.21. The SMILES string of the molecule is O=C(CCc1cccnc1)N1CCC2(C1)CN(c1ccccc1)C(=O)CO2. The summed E-state index contributed by atoms with van der Waals surface area (Å²) >= 11 is 0. The van der Waals surface area contributed by atoms with E-state index < -0.39 is 5.60 Å². The second-order valence-corrected chi connectivity index (χ2v) is 7.21. The van der Waals surface area contributed by atoms with Gasteiger partial charge in [0.25, 0.3) is 5.91 Å². The van der Waals surface area contributed by atoms with Crippen LogP contribution < -0.4 is 4.90 Å². The molecule has 1 atom stereocenters. The van der Waals surface area contributed by atoms with E-state index in [-0.39, 0.29) is 18.4 Å². The first-order valence-electron chi connectivity index (χ1n) is 9.31. The predicted octanol–water partition coefficient (Wildman–Crippen LogP) is 2.05. The smallest absolute Gasteiger partial charge is 0.253 e. The molecule has 1 aromatic carbocycles. The number of amides is 2. The zero-order valence-electron chi connectivity index (χ0n) is 15.2. The first-order valence-corrected chi connectivity index (χ1v) is 9.31. The molecule has 2 amide bonds. The molecule has 2 aromatic rings. The van der Waals surface area contributed by atoms with Gasteiger partial charge in [0.2, 0.25) is 5.91 Å². The van der Waals surface area contributed by atoms with Crippen molar-refractivity contribution in [2.24, 2.45) is 0 Å². The average Bonchev–Trinajstić information content (AvgIpc) is 3.13. The number of morpholine rings is 1. The van der Waals surface area contributed by atoms with Crippen molar-refractivity contribution in [3.8, 4) is 0 Å². The number of ether oxygens (including phenoxy) is 1. The molecule has 1 unspecified atom stereocenters. The lowest BCUT2D eigenvalue weighted by atomic mass is 10.00. The van der Waals surface area contributed by atoms with Crippen LogP contribution in [0.3, 0.4) is 0 Å². The molecular formula is C21H23N3O3. The molecule has 0 N–H and O–H groups in total. The van der Waals surface area contributed by atoms with E-state index in [9.17, 15) is 9.59 Å². The third kappa shape index (κ3) is 3.85. The van der Waals surface area contributed by atoms with Crippen LogP contribution in [0.5, 0.6) is 0 Å². The minimum Gasteiger partial charge on any atom is -0.361 e. The van der Waals surface area contributed by atoms with Crippen molar-refractivity contribution in [2.75, 3.05) is 31.1 Å². The Kier molecular flexibility index (Phi) is 4.90. The van der Waals surface area contributed by atoms with Crippen LogP contribution in [-0.2, 0) is 20.7 Å². The number of aryl methyl sites for hydroxylation is 1. The van der Waals surface area contributed by atoms with Crippen LogP contribution in [-0.4, -0.2) is 53.5 Å². The summed E-state index contributed by atoms with van der Waals surface area (Å²) in [6.07, 6.45) is 5.43. The molecule has 2 fully saturated rings. The van der Waals surface area contributed by atoms with Gasteiger partial charge >= 0.3 is 0 Å². The van der Waals surface area contributed by atoms with E-state index in [2.05, 4.69) is 4.98 Å². The number of pyridine rings is 1. The number of nitrogens with zero attached hydrogens (tertiary/aromatic N) is 3. The number of hydrogen-bond acceptors (Lipinski definition) is 4. The summed E-state index contributed by atoms with van der Waals surface area (Å²) in [5.41, 5.74) is 1.48. The minimum absolute atomic E-state index is 0.0341. The Morgan fingerprint density at radius 1 is 1.15 bits per heavy atom. The van der Waals surface area contributed by atoms with Crippen LogP contribution in [0.4, 0.5) is 5.69 Å². The number of anilines is 1. The number of aromatic nitrogens is 1. The van der Waals surface area contributed by atoms with Crippen molar-refractivity contribution in [3.63, 3.8) is 0 Å². The Morgan fingerprint density at radius 2 is 2.00 bits per heavy atom. The van der Waals surface area contributed by atoms with E-state index in [1.54, 1.807) is 17.3 Å². The fourth-order valence-electron chi connectivity index (χ4n) is 3.82. The van der Waals surface area contributed by atoms with Crippen molar-refractivity contribution in [1.82, 2.24) is 9.88 Å². The molecule has 2 aliphatic rings. The van der Waals surface area contributed by atoms with Gasteiger partial charge in [0.1, 0.15) is 12.2 Å².